The van der Waals surface area contributed by atoms with Crippen LogP contribution in [0.1, 0.15) is 20.7 Å². The second kappa shape index (κ2) is 7.07. The molecule has 11 heavy (non-hydrogen) atoms. The first-order valence-corrected chi connectivity index (χ1v) is 4.49. The van der Waals surface area contributed by atoms with Crippen molar-refractivity contribution in [3.63, 3.8) is 0 Å². The minimum atomic E-state index is -3.81. The van der Waals surface area contributed by atoms with E-state index in [-0.39, 0.29) is 36.7 Å². The summed E-state index contributed by atoms with van der Waals surface area (Å²) < 4.78 is 28.3. The molecule has 0 aromatic carbocycles. The van der Waals surface area contributed by atoms with Crippen molar-refractivity contribution in [3.05, 3.63) is 0 Å². The van der Waals surface area contributed by atoms with Crippen LogP contribution in [0.5, 0.6) is 0 Å². The zero-order valence-electron chi connectivity index (χ0n) is 7.45. The van der Waals surface area contributed by atoms with Crippen molar-refractivity contribution in [2.24, 2.45) is 0 Å². The number of hydrogen-bond acceptors (Lipinski definition) is 3. The fourth-order valence-electron chi connectivity index (χ4n) is 0.489. The summed E-state index contributed by atoms with van der Waals surface area (Å²) in [4.78, 5) is 0. The van der Waals surface area contributed by atoms with Gasteiger partial charge in [0.2, 0.25) is 0 Å². The van der Waals surface area contributed by atoms with Crippen molar-refractivity contribution >= 4 is 10.1 Å². The Kier molecular flexibility index (Phi) is 8.97. The molecule has 0 rings (SSSR count). The molecule has 0 fully saturated rings. The van der Waals surface area contributed by atoms with E-state index in [1.807, 2.05) is 6.07 Å². The van der Waals surface area contributed by atoms with Crippen LogP contribution in [0.3, 0.4) is 0 Å². The molecule has 0 saturated heterocycles. The molecule has 0 aromatic heterocycles. The van der Waals surface area contributed by atoms with Gasteiger partial charge in [-0.05, 0) is 12.8 Å². The second-order valence-corrected chi connectivity index (χ2v) is 3.47. The van der Waals surface area contributed by atoms with Gasteiger partial charge in [0.05, 0.1) is 11.8 Å². The molecule has 0 aliphatic carbocycles. The molecule has 1 N–H and O–H groups in total. The Morgan fingerprint density at radius 2 is 2.00 bits per heavy atom. The standard InChI is InChI=1S/C5H9NO3S.Na.H/c6-4-2-1-3-5-10(7,8)9;;/h1-3,5H2,(H,7,8,9);;/q;+1;-1. The number of hydrogen-bond donors (Lipinski definition) is 1. The average Bonchev–Trinajstić information content (AvgIpc) is 1.78. The van der Waals surface area contributed by atoms with E-state index < -0.39 is 10.1 Å². The van der Waals surface area contributed by atoms with Gasteiger partial charge in [-0.15, -0.1) is 0 Å². The van der Waals surface area contributed by atoms with E-state index in [0.29, 0.717) is 19.3 Å². The van der Waals surface area contributed by atoms with E-state index in [9.17, 15) is 8.42 Å². The summed E-state index contributed by atoms with van der Waals surface area (Å²) in [6, 6.07) is 1.88. The molecule has 0 radical (unpaired) electrons. The van der Waals surface area contributed by atoms with Gasteiger partial charge in [0.15, 0.2) is 0 Å². The SMILES string of the molecule is N#CCCCCS(=O)(=O)O.[H-].[Na+]. The minimum absolute atomic E-state index is 0. The maximum absolute atomic E-state index is 10.1. The predicted molar refractivity (Wildman–Crippen MR) is 37.0 cm³/mol. The topological polar surface area (TPSA) is 78.2 Å². The summed E-state index contributed by atoms with van der Waals surface area (Å²) in [6.45, 7) is 0. The molecule has 0 amide bonds. The first-order valence-electron chi connectivity index (χ1n) is 2.88. The fraction of sp³-hybridized carbons (Fsp3) is 0.800. The van der Waals surface area contributed by atoms with Crippen molar-refractivity contribution in [1.29, 1.82) is 5.26 Å². The van der Waals surface area contributed by atoms with Crippen molar-refractivity contribution in [2.75, 3.05) is 5.75 Å². The molecule has 60 valence electrons. The Morgan fingerprint density at radius 1 is 1.45 bits per heavy atom. The van der Waals surface area contributed by atoms with Gasteiger partial charge in [0.1, 0.15) is 0 Å². The first-order chi connectivity index (χ1) is 4.56. The largest absolute Gasteiger partial charge is 1.00 e. The smallest absolute Gasteiger partial charge is 1.00 e. The van der Waals surface area contributed by atoms with Crippen molar-refractivity contribution in [1.82, 2.24) is 0 Å². The van der Waals surface area contributed by atoms with Crippen molar-refractivity contribution in [2.45, 2.75) is 19.3 Å². The zero-order chi connectivity index (χ0) is 8.04. The third-order valence-electron chi connectivity index (χ3n) is 0.941. The third kappa shape index (κ3) is 13.4. The maximum Gasteiger partial charge on any atom is 1.00 e. The molecule has 0 bridgehead atoms. The van der Waals surface area contributed by atoms with Gasteiger partial charge >= 0.3 is 29.6 Å². The molecule has 0 atom stereocenters. The van der Waals surface area contributed by atoms with Crippen LogP contribution in [-0.2, 0) is 10.1 Å². The van der Waals surface area contributed by atoms with Gasteiger partial charge in [-0.3, -0.25) is 4.55 Å². The minimum Gasteiger partial charge on any atom is -1.00 e. The molecule has 0 heterocycles. The van der Waals surface area contributed by atoms with E-state index in [1.165, 1.54) is 0 Å². The van der Waals surface area contributed by atoms with Crippen LogP contribution in [0.25, 0.3) is 0 Å². The van der Waals surface area contributed by atoms with Crippen LogP contribution in [-0.4, -0.2) is 18.7 Å². The zero-order valence-corrected chi connectivity index (χ0v) is 9.26. The van der Waals surface area contributed by atoms with Gasteiger partial charge in [-0.2, -0.15) is 13.7 Å². The normalized spacial score (nSPS) is 9.82. The van der Waals surface area contributed by atoms with Gasteiger partial charge in [0.25, 0.3) is 10.1 Å². The van der Waals surface area contributed by atoms with Crippen LogP contribution >= 0.6 is 0 Å². The van der Waals surface area contributed by atoms with Crippen LogP contribution in [0.15, 0.2) is 0 Å². The molecule has 0 aliphatic rings. The van der Waals surface area contributed by atoms with Gasteiger partial charge in [-0.1, -0.05) is 0 Å². The number of rotatable bonds is 4. The molecule has 6 heteroatoms. The van der Waals surface area contributed by atoms with Crippen molar-refractivity contribution in [3.8, 4) is 6.07 Å². The Balaban J connectivity index is -0.000000405. The summed E-state index contributed by atoms with van der Waals surface area (Å²) >= 11 is 0. The van der Waals surface area contributed by atoms with E-state index >= 15 is 0 Å². The Morgan fingerprint density at radius 3 is 2.36 bits per heavy atom. The molecular weight excluding hydrogens is 177 g/mol. The third-order valence-corrected chi connectivity index (χ3v) is 1.75. The molecular formula is C5H10NNaO3S. The van der Waals surface area contributed by atoms with E-state index in [1.54, 1.807) is 0 Å². The molecule has 0 unspecified atom stereocenters. The summed E-state index contributed by atoms with van der Waals surface area (Å²) in [5, 5.41) is 8.03. The summed E-state index contributed by atoms with van der Waals surface area (Å²) in [6.07, 6.45) is 1.22. The number of unbranched alkanes of at least 4 members (excludes halogenated alkanes) is 2. The van der Waals surface area contributed by atoms with Crippen LogP contribution in [0.2, 0.25) is 0 Å². The fourth-order valence-corrected chi connectivity index (χ4v) is 1.06. The van der Waals surface area contributed by atoms with Crippen LogP contribution < -0.4 is 29.6 Å². The summed E-state index contributed by atoms with van der Waals surface area (Å²) in [5.74, 6) is -0.241. The predicted octanol–water partition coefficient (Wildman–Crippen LogP) is -2.32. The number of nitriles is 1. The Bertz CT molecular complexity index is 223. The molecule has 4 nitrogen and oxygen atoms in total. The van der Waals surface area contributed by atoms with Crippen LogP contribution in [0.4, 0.5) is 0 Å². The number of nitrogens with zero attached hydrogens (tertiary/aromatic N) is 1. The summed E-state index contributed by atoms with van der Waals surface area (Å²) in [7, 11) is -3.81. The summed E-state index contributed by atoms with van der Waals surface area (Å²) in [5.41, 5.74) is 0. The molecule has 0 spiro atoms. The molecule has 0 saturated carbocycles. The van der Waals surface area contributed by atoms with E-state index in [0.717, 1.165) is 0 Å². The van der Waals surface area contributed by atoms with Crippen molar-refractivity contribution < 1.29 is 44.0 Å². The average molecular weight is 187 g/mol. The quantitative estimate of drug-likeness (QED) is 0.304. The van der Waals surface area contributed by atoms with Gasteiger partial charge in [0, 0.05) is 6.42 Å². The Hall–Kier alpha value is 0.400. The van der Waals surface area contributed by atoms with E-state index in [2.05, 4.69) is 0 Å². The van der Waals surface area contributed by atoms with E-state index in [4.69, 9.17) is 9.81 Å². The molecule has 0 aliphatic heterocycles. The van der Waals surface area contributed by atoms with Crippen LogP contribution in [0, 0.1) is 11.3 Å². The molecule has 0 aromatic rings. The monoisotopic (exact) mass is 187 g/mol. The Labute approximate surface area is 90.1 Å². The van der Waals surface area contributed by atoms with Gasteiger partial charge in [-0.25, -0.2) is 0 Å². The first kappa shape index (κ1) is 14.0. The van der Waals surface area contributed by atoms with Gasteiger partial charge < -0.3 is 1.43 Å². The second-order valence-electron chi connectivity index (χ2n) is 1.90. The maximum atomic E-state index is 10.1.